The van der Waals surface area contributed by atoms with Crippen molar-refractivity contribution in [3.63, 3.8) is 0 Å². The third kappa shape index (κ3) is 5.14. The maximum Gasteiger partial charge on any atom is 0.325 e. The van der Waals surface area contributed by atoms with Crippen LogP contribution in [0.25, 0.3) is 11.5 Å². The molecule has 0 unspecified atom stereocenters. The quantitative estimate of drug-likeness (QED) is 0.650. The van der Waals surface area contributed by atoms with E-state index in [0.717, 1.165) is 22.9 Å². The van der Waals surface area contributed by atoms with Gasteiger partial charge in [0, 0.05) is 5.56 Å². The first-order valence-electron chi connectivity index (χ1n) is 7.90. The summed E-state index contributed by atoms with van der Waals surface area (Å²) >= 11 is 0.992. The molecule has 7 nitrogen and oxygen atoms in total. The van der Waals surface area contributed by atoms with Crippen molar-refractivity contribution < 1.29 is 18.4 Å². The van der Waals surface area contributed by atoms with E-state index in [4.69, 9.17) is 4.42 Å². The van der Waals surface area contributed by atoms with Gasteiger partial charge in [-0.25, -0.2) is 9.18 Å². The van der Waals surface area contributed by atoms with Gasteiger partial charge in [-0.1, -0.05) is 41.6 Å². The number of urea groups is 1. The van der Waals surface area contributed by atoms with Crippen LogP contribution in [0.2, 0.25) is 0 Å². The Labute approximate surface area is 158 Å². The SMILES string of the molecule is Cc1ccc(-c2nnc(SCC(=O)NC(=O)Nc3ccccc3F)o2)cc1. The van der Waals surface area contributed by atoms with Gasteiger partial charge in [0.1, 0.15) is 5.82 Å². The number of para-hydroxylation sites is 1. The standard InChI is InChI=1S/C18H15FN4O3S/c1-11-6-8-12(9-7-11)16-22-23-18(26-16)27-10-15(24)21-17(25)20-14-5-3-2-4-13(14)19/h2-9H,10H2,1H3,(H2,20,21,24,25). The molecule has 0 fully saturated rings. The summed E-state index contributed by atoms with van der Waals surface area (Å²) in [4.78, 5) is 23.6. The number of halogens is 1. The number of aryl methyl sites for hydroxylation is 1. The van der Waals surface area contributed by atoms with Crippen LogP contribution in [0.4, 0.5) is 14.9 Å². The van der Waals surface area contributed by atoms with E-state index in [2.05, 4.69) is 20.8 Å². The lowest BCUT2D eigenvalue weighted by molar-refractivity contribution is -0.117. The molecule has 2 aromatic carbocycles. The zero-order chi connectivity index (χ0) is 19.2. The Morgan fingerprint density at radius 2 is 1.85 bits per heavy atom. The van der Waals surface area contributed by atoms with E-state index in [1.165, 1.54) is 18.2 Å². The minimum Gasteiger partial charge on any atom is -0.411 e. The summed E-state index contributed by atoms with van der Waals surface area (Å²) in [5.74, 6) is -0.941. The molecule has 1 heterocycles. The van der Waals surface area contributed by atoms with Crippen molar-refractivity contribution in [2.45, 2.75) is 12.1 Å². The van der Waals surface area contributed by atoms with Crippen molar-refractivity contribution in [2.75, 3.05) is 11.1 Å². The molecule has 2 N–H and O–H groups in total. The van der Waals surface area contributed by atoms with Crippen molar-refractivity contribution in [3.05, 3.63) is 59.9 Å². The van der Waals surface area contributed by atoms with Gasteiger partial charge in [-0.15, -0.1) is 10.2 Å². The first-order valence-corrected chi connectivity index (χ1v) is 8.88. The normalized spacial score (nSPS) is 10.4. The molecule has 138 valence electrons. The molecule has 0 aliphatic heterocycles. The third-order valence-electron chi connectivity index (χ3n) is 3.41. The number of nitrogens with one attached hydrogen (secondary N) is 2. The Morgan fingerprint density at radius 3 is 2.59 bits per heavy atom. The number of imide groups is 1. The molecule has 0 aliphatic rings. The minimum absolute atomic E-state index is 0.0184. The van der Waals surface area contributed by atoms with Crippen molar-refractivity contribution >= 4 is 29.4 Å². The van der Waals surface area contributed by atoms with Crippen LogP contribution in [-0.2, 0) is 4.79 Å². The van der Waals surface area contributed by atoms with Gasteiger partial charge in [0.15, 0.2) is 0 Å². The fourth-order valence-corrected chi connectivity index (χ4v) is 2.65. The summed E-state index contributed by atoms with van der Waals surface area (Å²) in [6.45, 7) is 1.97. The second-order valence-corrected chi connectivity index (χ2v) is 6.44. The highest BCUT2D eigenvalue weighted by molar-refractivity contribution is 7.99. The summed E-state index contributed by atoms with van der Waals surface area (Å²) in [7, 11) is 0. The van der Waals surface area contributed by atoms with Crippen LogP contribution in [0.5, 0.6) is 0 Å². The van der Waals surface area contributed by atoms with E-state index in [0.29, 0.717) is 5.89 Å². The summed E-state index contributed by atoms with van der Waals surface area (Å²) < 4.78 is 18.9. The molecule has 1 aromatic heterocycles. The number of anilines is 1. The van der Waals surface area contributed by atoms with E-state index in [1.54, 1.807) is 6.07 Å². The minimum atomic E-state index is -0.823. The first kappa shape index (κ1) is 18.6. The summed E-state index contributed by atoms with van der Waals surface area (Å²) in [5, 5.41) is 12.4. The number of carbonyl (C=O) groups is 2. The van der Waals surface area contributed by atoms with E-state index >= 15 is 0 Å². The summed E-state index contributed by atoms with van der Waals surface area (Å²) in [5.41, 5.74) is 1.86. The maximum absolute atomic E-state index is 13.5. The lowest BCUT2D eigenvalue weighted by Crippen LogP contribution is -2.35. The average Bonchev–Trinajstić information content (AvgIpc) is 3.11. The fraction of sp³-hybridized carbons (Fsp3) is 0.111. The van der Waals surface area contributed by atoms with Crippen LogP contribution in [-0.4, -0.2) is 27.9 Å². The number of benzene rings is 2. The molecule has 3 rings (SSSR count). The van der Waals surface area contributed by atoms with Gasteiger partial charge in [-0.3, -0.25) is 10.1 Å². The van der Waals surface area contributed by atoms with Gasteiger partial charge in [0.05, 0.1) is 11.4 Å². The second-order valence-electron chi connectivity index (χ2n) is 5.51. The van der Waals surface area contributed by atoms with Crippen molar-refractivity contribution in [3.8, 4) is 11.5 Å². The Balaban J connectivity index is 1.50. The average molecular weight is 386 g/mol. The van der Waals surface area contributed by atoms with Gasteiger partial charge in [-0.2, -0.15) is 0 Å². The van der Waals surface area contributed by atoms with Gasteiger partial charge < -0.3 is 9.73 Å². The molecule has 0 saturated carbocycles. The molecule has 0 atom stereocenters. The number of rotatable bonds is 5. The van der Waals surface area contributed by atoms with Crippen LogP contribution in [0.1, 0.15) is 5.56 Å². The Bertz CT molecular complexity index is 959. The lowest BCUT2D eigenvalue weighted by atomic mass is 10.1. The van der Waals surface area contributed by atoms with Crippen LogP contribution < -0.4 is 10.6 Å². The highest BCUT2D eigenvalue weighted by Crippen LogP contribution is 2.23. The number of carbonyl (C=O) groups excluding carboxylic acids is 2. The molecule has 0 bridgehead atoms. The smallest absolute Gasteiger partial charge is 0.325 e. The second kappa shape index (κ2) is 8.45. The van der Waals surface area contributed by atoms with Crippen LogP contribution >= 0.6 is 11.8 Å². The highest BCUT2D eigenvalue weighted by atomic mass is 32.2. The zero-order valence-electron chi connectivity index (χ0n) is 14.2. The van der Waals surface area contributed by atoms with Crippen molar-refractivity contribution in [1.29, 1.82) is 0 Å². The summed E-state index contributed by atoms with van der Waals surface area (Å²) in [6.07, 6.45) is 0. The van der Waals surface area contributed by atoms with Gasteiger partial charge in [0.25, 0.3) is 5.22 Å². The van der Waals surface area contributed by atoms with Crippen molar-refractivity contribution in [2.24, 2.45) is 0 Å². The van der Waals surface area contributed by atoms with Gasteiger partial charge >= 0.3 is 6.03 Å². The number of aromatic nitrogens is 2. The van der Waals surface area contributed by atoms with Crippen LogP contribution in [0.3, 0.4) is 0 Å². The lowest BCUT2D eigenvalue weighted by Gasteiger charge is -2.06. The Kier molecular flexibility index (Phi) is 5.82. The van der Waals surface area contributed by atoms with Gasteiger partial charge in [0.2, 0.25) is 11.8 Å². The van der Waals surface area contributed by atoms with Crippen LogP contribution in [0.15, 0.2) is 58.2 Å². The number of hydrogen-bond donors (Lipinski definition) is 2. The van der Waals surface area contributed by atoms with Crippen molar-refractivity contribution in [1.82, 2.24) is 15.5 Å². The predicted molar refractivity (Wildman–Crippen MR) is 98.8 cm³/mol. The highest BCUT2D eigenvalue weighted by Gasteiger charge is 2.14. The summed E-state index contributed by atoms with van der Waals surface area (Å²) in [6, 6.07) is 12.4. The van der Waals surface area contributed by atoms with Crippen LogP contribution in [0, 0.1) is 12.7 Å². The first-order chi connectivity index (χ1) is 13.0. The maximum atomic E-state index is 13.5. The Morgan fingerprint density at radius 1 is 1.11 bits per heavy atom. The monoisotopic (exact) mass is 386 g/mol. The molecule has 27 heavy (non-hydrogen) atoms. The molecule has 3 amide bonds. The molecule has 0 aliphatic carbocycles. The number of nitrogens with zero attached hydrogens (tertiary/aromatic N) is 2. The molecular weight excluding hydrogens is 371 g/mol. The molecule has 0 spiro atoms. The third-order valence-corrected chi connectivity index (χ3v) is 4.23. The topological polar surface area (TPSA) is 97.1 Å². The zero-order valence-corrected chi connectivity index (χ0v) is 15.0. The number of hydrogen-bond acceptors (Lipinski definition) is 6. The largest absolute Gasteiger partial charge is 0.411 e. The van der Waals surface area contributed by atoms with E-state index in [1.807, 2.05) is 31.2 Å². The van der Waals surface area contributed by atoms with E-state index in [9.17, 15) is 14.0 Å². The number of thioether (sulfide) groups is 1. The van der Waals surface area contributed by atoms with Gasteiger partial charge in [-0.05, 0) is 31.2 Å². The van der Waals surface area contributed by atoms with E-state index in [-0.39, 0.29) is 16.7 Å². The molecule has 3 aromatic rings. The fourth-order valence-electron chi connectivity index (χ4n) is 2.09. The predicted octanol–water partition coefficient (Wildman–Crippen LogP) is 3.62. The molecule has 0 radical (unpaired) electrons. The molecule has 9 heteroatoms. The van der Waals surface area contributed by atoms with E-state index < -0.39 is 17.8 Å². The molecular formula is C18H15FN4O3S. The Hall–Kier alpha value is -3.20. The molecule has 0 saturated heterocycles. The number of amides is 3.